The second kappa shape index (κ2) is 12.3. The molecule has 0 aromatic heterocycles. The van der Waals surface area contributed by atoms with Gasteiger partial charge in [-0.2, -0.15) is 8.78 Å². The van der Waals surface area contributed by atoms with Gasteiger partial charge < -0.3 is 24.1 Å². The SMILES string of the molecule is CCC(C)c1ccc(OCC(=O)Oc2ccc(C(=O)OC(C(C)C)C(F)(F)C(=O)[O-])cc2I)cc1. The summed E-state index contributed by atoms with van der Waals surface area (Å²) in [6.07, 6.45) is -1.21. The third-order valence-electron chi connectivity index (χ3n) is 5.28. The van der Waals surface area contributed by atoms with Gasteiger partial charge in [-0.05, 0) is 76.7 Å². The summed E-state index contributed by atoms with van der Waals surface area (Å²) in [5.41, 5.74) is 1.05. The summed E-state index contributed by atoms with van der Waals surface area (Å²) in [6.45, 7) is 6.45. The third-order valence-corrected chi connectivity index (χ3v) is 6.12. The number of hydrogen-bond acceptors (Lipinski definition) is 7. The molecule has 0 aliphatic rings. The van der Waals surface area contributed by atoms with E-state index in [-0.39, 0.29) is 17.9 Å². The summed E-state index contributed by atoms with van der Waals surface area (Å²) < 4.78 is 43.6. The minimum Gasteiger partial charge on any atom is -0.544 e. The molecule has 2 aromatic carbocycles. The Bertz CT molecular complexity index is 1050. The molecule has 0 spiro atoms. The fourth-order valence-corrected chi connectivity index (χ4v) is 3.69. The van der Waals surface area contributed by atoms with Crippen LogP contribution in [0.4, 0.5) is 8.78 Å². The Morgan fingerprint density at radius 3 is 2.20 bits per heavy atom. The number of carboxylic acids is 1. The van der Waals surface area contributed by atoms with Crippen molar-refractivity contribution >= 4 is 40.5 Å². The zero-order valence-electron chi connectivity index (χ0n) is 19.7. The Labute approximate surface area is 215 Å². The minimum absolute atomic E-state index is 0.119. The molecule has 35 heavy (non-hydrogen) atoms. The van der Waals surface area contributed by atoms with E-state index in [1.165, 1.54) is 37.6 Å². The van der Waals surface area contributed by atoms with E-state index < -0.39 is 35.9 Å². The van der Waals surface area contributed by atoms with E-state index in [4.69, 9.17) is 14.2 Å². The molecule has 0 bridgehead atoms. The molecule has 2 atom stereocenters. The van der Waals surface area contributed by atoms with Crippen molar-refractivity contribution < 1.29 is 42.5 Å². The van der Waals surface area contributed by atoms with Gasteiger partial charge in [0.25, 0.3) is 0 Å². The first kappa shape index (κ1) is 28.5. The number of esters is 2. The van der Waals surface area contributed by atoms with Gasteiger partial charge in [0.2, 0.25) is 0 Å². The third kappa shape index (κ3) is 7.61. The van der Waals surface area contributed by atoms with Crippen molar-refractivity contribution in [1.29, 1.82) is 0 Å². The number of hydrogen-bond donors (Lipinski definition) is 0. The molecule has 2 rings (SSSR count). The molecule has 0 amide bonds. The van der Waals surface area contributed by atoms with E-state index in [0.29, 0.717) is 15.2 Å². The first-order chi connectivity index (χ1) is 16.4. The number of aliphatic carboxylic acids is 1. The van der Waals surface area contributed by atoms with Crippen LogP contribution in [0, 0.1) is 9.49 Å². The van der Waals surface area contributed by atoms with Crippen molar-refractivity contribution in [1.82, 2.24) is 0 Å². The van der Waals surface area contributed by atoms with Crippen LogP contribution in [0.5, 0.6) is 11.5 Å². The van der Waals surface area contributed by atoms with Crippen molar-refractivity contribution in [3.05, 3.63) is 57.2 Å². The van der Waals surface area contributed by atoms with Crippen molar-refractivity contribution in [3.63, 3.8) is 0 Å². The summed E-state index contributed by atoms with van der Waals surface area (Å²) in [6, 6.07) is 11.2. The number of carbonyl (C=O) groups excluding carboxylic acids is 3. The van der Waals surface area contributed by atoms with Crippen molar-refractivity contribution in [2.24, 2.45) is 5.92 Å². The number of alkyl halides is 2. The van der Waals surface area contributed by atoms with Crippen LogP contribution in [0.25, 0.3) is 0 Å². The molecule has 10 heteroatoms. The topological polar surface area (TPSA) is 102 Å². The Balaban J connectivity index is 2.00. The number of rotatable bonds is 11. The molecule has 0 saturated heterocycles. The lowest BCUT2D eigenvalue weighted by Crippen LogP contribution is -2.53. The molecule has 2 unspecified atom stereocenters. The fourth-order valence-electron chi connectivity index (χ4n) is 3.06. The molecule has 0 heterocycles. The number of benzene rings is 2. The average Bonchev–Trinajstić information content (AvgIpc) is 2.81. The van der Waals surface area contributed by atoms with E-state index in [9.17, 15) is 28.3 Å². The van der Waals surface area contributed by atoms with E-state index in [1.54, 1.807) is 34.7 Å². The molecule has 0 fully saturated rings. The maximum atomic E-state index is 13.9. The molecule has 190 valence electrons. The van der Waals surface area contributed by atoms with Gasteiger partial charge in [0.1, 0.15) is 17.5 Å². The first-order valence-corrected chi connectivity index (χ1v) is 12.0. The Kier molecular flexibility index (Phi) is 9.99. The molecule has 0 saturated carbocycles. The molecule has 0 radical (unpaired) electrons. The molecular formula is C25H26F2IO7-. The van der Waals surface area contributed by atoms with Gasteiger partial charge in [-0.3, -0.25) is 0 Å². The predicted octanol–water partition coefficient (Wildman–Crippen LogP) is 4.36. The number of carboxylic acid groups (broad SMARTS) is 1. The lowest BCUT2D eigenvalue weighted by atomic mass is 9.99. The summed E-state index contributed by atoms with van der Waals surface area (Å²) in [4.78, 5) is 35.3. The van der Waals surface area contributed by atoms with Crippen LogP contribution in [0.1, 0.15) is 56.0 Å². The summed E-state index contributed by atoms with van der Waals surface area (Å²) in [5, 5.41) is 10.8. The first-order valence-electron chi connectivity index (χ1n) is 10.9. The zero-order chi connectivity index (χ0) is 26.3. The maximum absolute atomic E-state index is 13.9. The Morgan fingerprint density at radius 2 is 1.69 bits per heavy atom. The van der Waals surface area contributed by atoms with Crippen LogP contribution in [0.2, 0.25) is 0 Å². The quantitative estimate of drug-likeness (QED) is 0.214. The Hall–Kier alpha value is -2.76. The normalized spacial score (nSPS) is 13.1. The van der Waals surface area contributed by atoms with Gasteiger partial charge in [0, 0.05) is 0 Å². The molecule has 7 nitrogen and oxygen atoms in total. The van der Waals surface area contributed by atoms with E-state index >= 15 is 0 Å². The van der Waals surface area contributed by atoms with Gasteiger partial charge in [-0.25, -0.2) is 9.59 Å². The van der Waals surface area contributed by atoms with Crippen molar-refractivity contribution in [2.45, 2.75) is 52.1 Å². The second-order valence-electron chi connectivity index (χ2n) is 8.27. The van der Waals surface area contributed by atoms with Crippen LogP contribution in [0.15, 0.2) is 42.5 Å². The maximum Gasteiger partial charge on any atom is 0.349 e. The Morgan fingerprint density at radius 1 is 1.06 bits per heavy atom. The monoisotopic (exact) mass is 603 g/mol. The van der Waals surface area contributed by atoms with Crippen LogP contribution < -0.4 is 14.6 Å². The highest BCUT2D eigenvalue weighted by atomic mass is 127. The molecule has 0 aliphatic carbocycles. The molecule has 2 aromatic rings. The lowest BCUT2D eigenvalue weighted by molar-refractivity contribution is -0.337. The standard InChI is InChI=1S/C25H27F2IO7/c1-5-15(4)16-6-9-18(10-7-16)33-13-21(29)34-20-11-8-17(12-19(20)28)23(30)35-22(14(2)3)25(26,27)24(31)32/h6-12,14-15,22H,5,13H2,1-4H3,(H,31,32)/p-1. The molecule has 0 N–H and O–H groups in total. The summed E-state index contributed by atoms with van der Waals surface area (Å²) in [5.74, 6) is -8.76. The van der Waals surface area contributed by atoms with Crippen LogP contribution in [-0.2, 0) is 14.3 Å². The van der Waals surface area contributed by atoms with Gasteiger partial charge >= 0.3 is 17.9 Å². The second-order valence-corrected chi connectivity index (χ2v) is 9.43. The number of halogens is 3. The van der Waals surface area contributed by atoms with Crippen LogP contribution in [0.3, 0.4) is 0 Å². The van der Waals surface area contributed by atoms with Gasteiger partial charge in [0.05, 0.1) is 9.13 Å². The number of ether oxygens (including phenoxy) is 3. The van der Waals surface area contributed by atoms with Crippen molar-refractivity contribution in [2.75, 3.05) is 6.61 Å². The smallest absolute Gasteiger partial charge is 0.349 e. The van der Waals surface area contributed by atoms with Gasteiger partial charge in [-0.1, -0.05) is 39.8 Å². The van der Waals surface area contributed by atoms with Gasteiger partial charge in [-0.15, -0.1) is 0 Å². The van der Waals surface area contributed by atoms with Crippen molar-refractivity contribution in [3.8, 4) is 11.5 Å². The van der Waals surface area contributed by atoms with Gasteiger partial charge in [0.15, 0.2) is 12.7 Å². The highest BCUT2D eigenvalue weighted by Gasteiger charge is 2.46. The van der Waals surface area contributed by atoms with E-state index in [1.807, 2.05) is 12.1 Å². The molecular weight excluding hydrogens is 577 g/mol. The zero-order valence-corrected chi connectivity index (χ0v) is 21.8. The van der Waals surface area contributed by atoms with Crippen LogP contribution in [-0.4, -0.2) is 36.5 Å². The average molecular weight is 603 g/mol. The van der Waals surface area contributed by atoms with E-state index in [0.717, 1.165) is 6.42 Å². The number of carbonyl (C=O) groups is 3. The van der Waals surface area contributed by atoms with Crippen LogP contribution >= 0.6 is 22.6 Å². The highest BCUT2D eigenvalue weighted by molar-refractivity contribution is 14.1. The predicted molar refractivity (Wildman–Crippen MR) is 129 cm³/mol. The molecule has 0 aliphatic heterocycles. The minimum atomic E-state index is -4.36. The fraction of sp³-hybridized carbons (Fsp3) is 0.400. The lowest BCUT2D eigenvalue weighted by Gasteiger charge is -2.30. The van der Waals surface area contributed by atoms with E-state index in [2.05, 4.69) is 13.8 Å². The summed E-state index contributed by atoms with van der Waals surface area (Å²) in [7, 11) is 0. The largest absolute Gasteiger partial charge is 0.544 e. The summed E-state index contributed by atoms with van der Waals surface area (Å²) >= 11 is 1.80. The highest BCUT2D eigenvalue weighted by Crippen LogP contribution is 2.29.